The van der Waals surface area contributed by atoms with Crippen molar-refractivity contribution in [2.45, 2.75) is 6.36 Å². The Kier molecular flexibility index (Phi) is 1.37. The number of nitrogens with one attached hydrogen (secondary N) is 1. The molecule has 38 valence electrons. The van der Waals surface area contributed by atoms with E-state index in [1.54, 1.807) is 0 Å². The minimum absolute atomic E-state index is 2.19. The minimum atomic E-state index is -4.79. The van der Waals surface area contributed by atoms with E-state index in [1.165, 1.54) is 0 Å². The van der Waals surface area contributed by atoms with Crippen LogP contribution in [-0.2, 0) is 4.84 Å². The van der Waals surface area contributed by atoms with Crippen molar-refractivity contribution in [3.63, 3.8) is 0 Å². The normalized spacial score (nSPS) is 12.0. The van der Waals surface area contributed by atoms with Crippen LogP contribution in [0, 0.1) is 0 Å². The molecule has 0 aromatic carbocycles. The zero-order chi connectivity index (χ0) is 5.21. The van der Waals surface area contributed by atoms with Gasteiger partial charge in [0.1, 0.15) is 0 Å². The largest absolute Gasteiger partial charge is 0.542 e. The van der Waals surface area contributed by atoms with Crippen LogP contribution in [0.15, 0.2) is 0 Å². The van der Waals surface area contributed by atoms with Crippen LogP contribution in [0.2, 0.25) is 0 Å². The Morgan fingerprint density at radius 1 is 1.33 bits per heavy atom. The van der Waals surface area contributed by atoms with Gasteiger partial charge in [-0.05, 0) is 0 Å². The van der Waals surface area contributed by atoms with Crippen LogP contribution in [0.1, 0.15) is 0 Å². The van der Waals surface area contributed by atoms with E-state index >= 15 is 0 Å². The molecule has 0 aromatic rings. The van der Waals surface area contributed by atoms with Gasteiger partial charge in [0.05, 0.1) is 0 Å². The molecule has 0 bridgehead atoms. The van der Waals surface area contributed by atoms with Crippen LogP contribution >= 0.6 is 0 Å². The average molecular weight is 100 g/mol. The van der Waals surface area contributed by atoms with E-state index in [9.17, 15) is 13.2 Å². The summed E-state index contributed by atoms with van der Waals surface area (Å²) >= 11 is 0. The van der Waals surface area contributed by atoms with Crippen molar-refractivity contribution >= 4 is 0 Å². The molecule has 0 fully saturated rings. The Hall–Kier alpha value is -0.290. The Balaban J connectivity index is 3.17. The fourth-order valence-electron chi connectivity index (χ4n) is 0. The second-order valence-corrected chi connectivity index (χ2v) is 0.548. The molecule has 0 saturated heterocycles. The van der Waals surface area contributed by atoms with Crippen molar-refractivity contribution in [2.75, 3.05) is 0 Å². The molecule has 5 heteroatoms. The highest BCUT2D eigenvalue weighted by Gasteiger charge is 2.22. The van der Waals surface area contributed by atoms with Crippen LogP contribution in [0.25, 0.3) is 5.90 Å². The van der Waals surface area contributed by atoms with Gasteiger partial charge in [0.25, 0.3) is 0 Å². The highest BCUT2D eigenvalue weighted by atomic mass is 19.4. The van der Waals surface area contributed by atoms with Crippen LogP contribution < -0.4 is 0 Å². The molecule has 0 aliphatic carbocycles. The van der Waals surface area contributed by atoms with Crippen LogP contribution in [0.5, 0.6) is 0 Å². The van der Waals surface area contributed by atoms with Gasteiger partial charge in [0.2, 0.25) is 0 Å². The topological polar surface area (TPSA) is 33.0 Å². The molecule has 1 N–H and O–H groups in total. The first-order chi connectivity index (χ1) is 2.56. The third kappa shape index (κ3) is 3.71. The minimum Gasteiger partial charge on any atom is -0.542 e. The molecule has 0 spiro atoms. The summed E-state index contributed by atoms with van der Waals surface area (Å²) in [5.41, 5.74) is 0. The third-order valence-corrected chi connectivity index (χ3v) is 0.116. The molecule has 0 heterocycles. The molecule has 0 aliphatic rings. The monoisotopic (exact) mass is 100 g/mol. The fraction of sp³-hybridized carbons (Fsp3) is 1.00. The van der Waals surface area contributed by atoms with Crippen LogP contribution in [0.4, 0.5) is 13.2 Å². The van der Waals surface area contributed by atoms with E-state index in [4.69, 9.17) is 5.90 Å². The maximum Gasteiger partial charge on any atom is 0.505 e. The average Bonchev–Trinajstić information content (AvgIpc) is 1.35. The van der Waals surface area contributed by atoms with E-state index in [1.807, 2.05) is 0 Å². The molecular weight excluding hydrogens is 99.0 g/mol. The summed E-state index contributed by atoms with van der Waals surface area (Å²) in [7, 11) is 0. The van der Waals surface area contributed by atoms with Crippen molar-refractivity contribution in [1.82, 2.24) is 0 Å². The van der Waals surface area contributed by atoms with Gasteiger partial charge < -0.3 is 10.7 Å². The molecule has 0 unspecified atom stereocenters. The number of rotatable bonds is 0. The molecule has 0 aromatic heterocycles. The smallest absolute Gasteiger partial charge is 0.505 e. The Morgan fingerprint density at radius 3 is 1.50 bits per heavy atom. The number of hydrogen-bond donors (Lipinski definition) is 0. The van der Waals surface area contributed by atoms with Crippen molar-refractivity contribution in [3.8, 4) is 0 Å². The molecule has 2 nitrogen and oxygen atoms in total. The van der Waals surface area contributed by atoms with E-state index in [-0.39, 0.29) is 0 Å². The standard InChI is InChI=1S/CHF3NO/c2-1(3,4)6-5/h5H/q-1. The van der Waals surface area contributed by atoms with Crippen molar-refractivity contribution < 1.29 is 18.0 Å². The summed E-state index contributed by atoms with van der Waals surface area (Å²) in [6.45, 7) is 0. The van der Waals surface area contributed by atoms with E-state index in [0.29, 0.717) is 0 Å². The first-order valence-electron chi connectivity index (χ1n) is 0.975. The van der Waals surface area contributed by atoms with Gasteiger partial charge in [-0.1, -0.05) is 0 Å². The summed E-state index contributed by atoms with van der Waals surface area (Å²) in [4.78, 5) is 2.19. The predicted octanol–water partition coefficient (Wildman–Crippen LogP) is 1.49. The Bertz CT molecular complexity index is 40.5. The SMILES string of the molecule is [NH-]OC(F)(F)F. The first kappa shape index (κ1) is 5.71. The van der Waals surface area contributed by atoms with Gasteiger partial charge in [-0.3, -0.25) is 0 Å². The lowest BCUT2D eigenvalue weighted by Crippen LogP contribution is -2.06. The molecule has 0 amide bonds. The molecule has 6 heavy (non-hydrogen) atoms. The highest BCUT2D eigenvalue weighted by Crippen LogP contribution is 2.14. The summed E-state index contributed by atoms with van der Waals surface area (Å²) < 4.78 is 31.1. The molecule has 0 atom stereocenters. The quantitative estimate of drug-likeness (QED) is 0.424. The molecule has 0 saturated carbocycles. The van der Waals surface area contributed by atoms with E-state index in [0.717, 1.165) is 0 Å². The number of alkyl halides is 3. The van der Waals surface area contributed by atoms with Gasteiger partial charge in [-0.2, -0.15) is 0 Å². The summed E-state index contributed by atoms with van der Waals surface area (Å²) in [6.07, 6.45) is -4.79. The second kappa shape index (κ2) is 1.44. The maximum absolute atomic E-state index is 10.4. The predicted molar refractivity (Wildman–Crippen MR) is 11.5 cm³/mol. The zero-order valence-electron chi connectivity index (χ0n) is 2.54. The van der Waals surface area contributed by atoms with Crippen molar-refractivity contribution in [2.24, 2.45) is 0 Å². The van der Waals surface area contributed by atoms with E-state index in [2.05, 4.69) is 4.84 Å². The van der Waals surface area contributed by atoms with Gasteiger partial charge in [0.15, 0.2) is 0 Å². The molecule has 0 aliphatic heterocycles. The summed E-state index contributed by atoms with van der Waals surface area (Å²) in [5, 5.41) is 0. The summed E-state index contributed by atoms with van der Waals surface area (Å²) in [5.74, 6) is 5.23. The summed E-state index contributed by atoms with van der Waals surface area (Å²) in [6, 6.07) is 0. The highest BCUT2D eigenvalue weighted by molar-refractivity contribution is 4.21. The number of hydrogen-bond acceptors (Lipinski definition) is 1. The van der Waals surface area contributed by atoms with Crippen molar-refractivity contribution in [1.29, 1.82) is 0 Å². The zero-order valence-corrected chi connectivity index (χ0v) is 2.54. The van der Waals surface area contributed by atoms with Gasteiger partial charge in [-0.15, -0.1) is 13.2 Å². The second-order valence-electron chi connectivity index (χ2n) is 0.548. The van der Waals surface area contributed by atoms with E-state index < -0.39 is 6.36 Å². The van der Waals surface area contributed by atoms with Gasteiger partial charge in [0, 0.05) is 0 Å². The number of halogens is 3. The van der Waals surface area contributed by atoms with Crippen LogP contribution in [-0.4, -0.2) is 6.36 Å². The van der Waals surface area contributed by atoms with Gasteiger partial charge in [-0.25, -0.2) is 0 Å². The lowest BCUT2D eigenvalue weighted by molar-refractivity contribution is -0.298. The third-order valence-electron chi connectivity index (χ3n) is 0.116. The Labute approximate surface area is 31.6 Å². The molecule has 0 radical (unpaired) electrons. The Morgan fingerprint density at radius 2 is 1.50 bits per heavy atom. The first-order valence-corrected chi connectivity index (χ1v) is 0.975. The van der Waals surface area contributed by atoms with Gasteiger partial charge >= 0.3 is 6.36 Å². The lowest BCUT2D eigenvalue weighted by Gasteiger charge is -2.06. The molecular formula is CHF3NO-. The van der Waals surface area contributed by atoms with Crippen LogP contribution in [0.3, 0.4) is 0 Å². The maximum atomic E-state index is 10.4. The van der Waals surface area contributed by atoms with Crippen molar-refractivity contribution in [3.05, 3.63) is 5.90 Å². The fourth-order valence-corrected chi connectivity index (χ4v) is 0. The lowest BCUT2D eigenvalue weighted by atomic mass is 11.4. The molecule has 0 rings (SSSR count).